The molecule has 1 aliphatic carbocycles. The summed E-state index contributed by atoms with van der Waals surface area (Å²) in [4.78, 5) is 29.5. The number of nitrogens with zero attached hydrogens (tertiary/aromatic N) is 4. The maximum Gasteiger partial charge on any atom is 0.251 e. The first-order valence-corrected chi connectivity index (χ1v) is 15.4. The van der Waals surface area contributed by atoms with Crippen LogP contribution < -0.4 is 15.0 Å². The van der Waals surface area contributed by atoms with Gasteiger partial charge in [0.1, 0.15) is 12.4 Å². The summed E-state index contributed by atoms with van der Waals surface area (Å²) in [7, 11) is -3.51. The first-order chi connectivity index (χ1) is 19.9. The van der Waals surface area contributed by atoms with Gasteiger partial charge in [-0.05, 0) is 60.4 Å². The molecule has 210 valence electrons. The van der Waals surface area contributed by atoms with E-state index < -0.39 is 9.84 Å². The first-order valence-electron chi connectivity index (χ1n) is 13.7. The number of pyridine rings is 3. The summed E-state index contributed by atoms with van der Waals surface area (Å²) in [6, 6.07) is 14.6. The zero-order valence-corrected chi connectivity index (χ0v) is 23.4. The Morgan fingerprint density at radius 1 is 1.10 bits per heavy atom. The number of hydrogen-bond donors (Lipinski definition) is 1. The lowest BCUT2D eigenvalue weighted by molar-refractivity contribution is 0.0950. The van der Waals surface area contributed by atoms with Gasteiger partial charge in [-0.2, -0.15) is 0 Å². The molecule has 1 fully saturated rings. The predicted molar refractivity (Wildman–Crippen MR) is 152 cm³/mol. The Morgan fingerprint density at radius 2 is 1.98 bits per heavy atom. The van der Waals surface area contributed by atoms with Gasteiger partial charge >= 0.3 is 0 Å². The van der Waals surface area contributed by atoms with Crippen LogP contribution in [0.25, 0.3) is 10.9 Å². The molecule has 1 saturated carbocycles. The van der Waals surface area contributed by atoms with Crippen LogP contribution in [0.2, 0.25) is 0 Å². The van der Waals surface area contributed by atoms with Gasteiger partial charge in [-0.25, -0.2) is 18.4 Å². The summed E-state index contributed by atoms with van der Waals surface area (Å²) in [5.41, 5.74) is 3.31. The van der Waals surface area contributed by atoms with E-state index in [1.807, 2.05) is 24.3 Å². The summed E-state index contributed by atoms with van der Waals surface area (Å²) in [6.07, 6.45) is 2.90. The summed E-state index contributed by atoms with van der Waals surface area (Å²) in [5, 5.41) is 3.73. The fourth-order valence-electron chi connectivity index (χ4n) is 5.41. The lowest BCUT2D eigenvalue weighted by atomic mass is 10.1. The fraction of sp³-hybridized carbons (Fsp3) is 0.333. The number of hydrogen-bond acceptors (Lipinski definition) is 9. The van der Waals surface area contributed by atoms with E-state index in [-0.39, 0.29) is 41.9 Å². The van der Waals surface area contributed by atoms with Crippen LogP contribution in [0, 0.1) is 5.92 Å². The molecule has 41 heavy (non-hydrogen) atoms. The average molecular weight is 572 g/mol. The Hall–Kier alpha value is -4.09. The minimum Gasteiger partial charge on any atom is -0.488 e. The Kier molecular flexibility index (Phi) is 6.35. The standard InChI is InChI=1S/C30H29N5O5S/c1-18-12-23(18)24-5-6-26-29(34-24)35(8-9-40-26)28-7-4-20-15-31-22(14-25(20)33-28)16-32-30(36)19-2-3-21-17-39-10-11-41(37,38)27(21)13-19/h2-7,13-15,18,23H,8-12,16-17H2,1H3,(H,32,36)/t18-,23+/m0/s1. The van der Waals surface area contributed by atoms with Crippen molar-refractivity contribution in [3.05, 3.63) is 77.2 Å². The number of sulfone groups is 1. The summed E-state index contributed by atoms with van der Waals surface area (Å²) < 4.78 is 36.5. The first kappa shape index (κ1) is 25.8. The van der Waals surface area contributed by atoms with Crippen molar-refractivity contribution < 1.29 is 22.7 Å². The fourth-order valence-corrected chi connectivity index (χ4v) is 6.80. The second kappa shape index (κ2) is 10.1. The van der Waals surface area contributed by atoms with Crippen LogP contribution in [-0.4, -0.2) is 54.8 Å². The average Bonchev–Trinajstić information content (AvgIpc) is 3.75. The molecule has 3 aliphatic rings. The van der Waals surface area contributed by atoms with Crippen molar-refractivity contribution in [2.24, 2.45) is 5.92 Å². The van der Waals surface area contributed by atoms with Gasteiger partial charge in [-0.15, -0.1) is 0 Å². The largest absolute Gasteiger partial charge is 0.488 e. The monoisotopic (exact) mass is 571 g/mol. The molecular formula is C30H29N5O5S. The molecule has 3 aromatic heterocycles. The van der Waals surface area contributed by atoms with Gasteiger partial charge in [0.05, 0.1) is 48.2 Å². The molecule has 0 unspecified atom stereocenters. The molecule has 2 aliphatic heterocycles. The molecule has 0 spiro atoms. The molecule has 11 heteroatoms. The van der Waals surface area contributed by atoms with Crippen molar-refractivity contribution in [1.29, 1.82) is 0 Å². The van der Waals surface area contributed by atoms with Gasteiger partial charge in [0.25, 0.3) is 5.91 Å². The smallest absolute Gasteiger partial charge is 0.251 e. The molecule has 1 amide bonds. The highest BCUT2D eigenvalue weighted by atomic mass is 32.2. The van der Waals surface area contributed by atoms with E-state index in [0.29, 0.717) is 36.2 Å². The SMILES string of the molecule is C[C@H]1C[C@H]1c1ccc2c(n1)N(c1ccc3cnc(CNC(=O)c4ccc5c(c4)S(=O)(=O)CCOC5)cc3n1)CCO2. The van der Waals surface area contributed by atoms with E-state index in [1.54, 1.807) is 18.3 Å². The maximum atomic E-state index is 12.9. The predicted octanol–water partition coefficient (Wildman–Crippen LogP) is 3.91. The van der Waals surface area contributed by atoms with Gasteiger partial charge in [-0.1, -0.05) is 13.0 Å². The molecule has 0 bridgehead atoms. The number of ether oxygens (including phenoxy) is 2. The van der Waals surface area contributed by atoms with Crippen molar-refractivity contribution in [1.82, 2.24) is 20.3 Å². The second-order valence-corrected chi connectivity index (χ2v) is 12.9. The highest BCUT2D eigenvalue weighted by Gasteiger charge is 2.36. The number of aromatic nitrogens is 3. The lowest BCUT2D eigenvalue weighted by Gasteiger charge is -2.29. The van der Waals surface area contributed by atoms with Crippen LogP contribution in [0.15, 0.2) is 59.6 Å². The van der Waals surface area contributed by atoms with Gasteiger partial charge in [-0.3, -0.25) is 9.78 Å². The molecule has 1 N–H and O–H groups in total. The molecule has 0 saturated heterocycles. The Labute approximate surface area is 237 Å². The minimum absolute atomic E-state index is 0.103. The van der Waals surface area contributed by atoms with Crippen LogP contribution in [0.5, 0.6) is 5.75 Å². The van der Waals surface area contributed by atoms with Crippen molar-refractivity contribution in [3.63, 3.8) is 0 Å². The highest BCUT2D eigenvalue weighted by molar-refractivity contribution is 7.91. The number of carbonyl (C=O) groups excluding carboxylic acids is 1. The van der Waals surface area contributed by atoms with Gasteiger partial charge in [0.15, 0.2) is 21.4 Å². The van der Waals surface area contributed by atoms with Gasteiger partial charge < -0.3 is 19.7 Å². The van der Waals surface area contributed by atoms with E-state index in [9.17, 15) is 13.2 Å². The van der Waals surface area contributed by atoms with Crippen LogP contribution in [-0.2, 0) is 27.7 Å². The lowest BCUT2D eigenvalue weighted by Crippen LogP contribution is -2.30. The third-order valence-electron chi connectivity index (χ3n) is 7.92. The maximum absolute atomic E-state index is 12.9. The topological polar surface area (TPSA) is 124 Å². The third-order valence-corrected chi connectivity index (χ3v) is 9.67. The quantitative estimate of drug-likeness (QED) is 0.380. The molecule has 4 aromatic rings. The number of benzene rings is 1. The normalized spacial score (nSPS) is 20.9. The molecule has 2 atom stereocenters. The Morgan fingerprint density at radius 3 is 2.83 bits per heavy atom. The van der Waals surface area contributed by atoms with E-state index in [2.05, 4.69) is 28.2 Å². The van der Waals surface area contributed by atoms with Crippen LogP contribution in [0.1, 0.15) is 46.6 Å². The van der Waals surface area contributed by atoms with E-state index in [4.69, 9.17) is 19.4 Å². The molecule has 7 rings (SSSR count). The van der Waals surface area contributed by atoms with Crippen molar-refractivity contribution in [2.45, 2.75) is 37.3 Å². The van der Waals surface area contributed by atoms with Crippen molar-refractivity contribution >= 4 is 38.3 Å². The number of amides is 1. The number of anilines is 2. The van der Waals surface area contributed by atoms with Crippen molar-refractivity contribution in [3.8, 4) is 5.75 Å². The van der Waals surface area contributed by atoms with Crippen LogP contribution in [0.4, 0.5) is 11.6 Å². The van der Waals surface area contributed by atoms with Crippen LogP contribution in [0.3, 0.4) is 0 Å². The molecule has 5 heterocycles. The molecule has 1 aromatic carbocycles. The zero-order chi connectivity index (χ0) is 28.1. The van der Waals surface area contributed by atoms with Crippen molar-refractivity contribution in [2.75, 3.05) is 30.4 Å². The zero-order valence-electron chi connectivity index (χ0n) is 22.5. The van der Waals surface area contributed by atoms with E-state index >= 15 is 0 Å². The van der Waals surface area contributed by atoms with Gasteiger partial charge in [0.2, 0.25) is 0 Å². The third kappa shape index (κ3) is 5.00. The summed E-state index contributed by atoms with van der Waals surface area (Å²) >= 11 is 0. The Balaban J connectivity index is 1.11. The van der Waals surface area contributed by atoms with Gasteiger partial charge in [0, 0.05) is 28.8 Å². The van der Waals surface area contributed by atoms with E-state index in [1.165, 1.54) is 6.07 Å². The van der Waals surface area contributed by atoms with Crippen LogP contribution >= 0.6 is 0 Å². The second-order valence-electron chi connectivity index (χ2n) is 10.8. The number of rotatable bonds is 5. The summed E-state index contributed by atoms with van der Waals surface area (Å²) in [6.45, 7) is 3.93. The number of fused-ring (bicyclic) bond motifs is 3. The van der Waals surface area contributed by atoms with E-state index in [0.717, 1.165) is 40.4 Å². The molecular weight excluding hydrogens is 542 g/mol. The number of nitrogens with one attached hydrogen (secondary N) is 1. The Bertz CT molecular complexity index is 1790. The number of carbonyl (C=O) groups is 1. The highest BCUT2D eigenvalue weighted by Crippen LogP contribution is 2.47. The minimum atomic E-state index is -3.51. The summed E-state index contributed by atoms with van der Waals surface area (Å²) in [5.74, 6) is 2.99. The molecule has 0 radical (unpaired) electrons. The molecule has 10 nitrogen and oxygen atoms in total.